The Bertz CT molecular complexity index is 1780. The molecule has 2 aromatic carbocycles. The number of imidazole rings is 1. The Kier molecular flexibility index (Phi) is 6.79. The molecule has 1 aliphatic rings. The zero-order chi connectivity index (χ0) is 27.0. The first-order valence-electron chi connectivity index (χ1n) is 12.8. The second-order valence-electron chi connectivity index (χ2n) is 9.46. The molecule has 0 bridgehead atoms. The first-order valence-corrected chi connectivity index (χ1v) is 14.7. The van der Waals surface area contributed by atoms with E-state index in [1.807, 2.05) is 16.7 Å². The van der Waals surface area contributed by atoms with Crippen molar-refractivity contribution in [3.05, 3.63) is 71.8 Å². The van der Waals surface area contributed by atoms with Crippen LogP contribution in [-0.2, 0) is 16.4 Å². The van der Waals surface area contributed by atoms with E-state index in [1.54, 1.807) is 24.5 Å². The molecule has 0 saturated carbocycles. The molecule has 0 amide bonds. The number of sulfonamides is 1. The summed E-state index contributed by atoms with van der Waals surface area (Å²) >= 11 is 6.13. The van der Waals surface area contributed by atoms with Crippen molar-refractivity contribution in [1.29, 1.82) is 0 Å². The molecule has 10 nitrogen and oxygen atoms in total. The Balaban J connectivity index is 1.36. The molecule has 0 aliphatic carbocycles. The minimum Gasteiger partial charge on any atom is -0.350 e. The van der Waals surface area contributed by atoms with Crippen molar-refractivity contribution in [2.75, 3.05) is 23.1 Å². The number of anilines is 2. The monoisotopic (exact) mass is 562 g/mol. The van der Waals surface area contributed by atoms with Gasteiger partial charge in [-0.2, -0.15) is 0 Å². The van der Waals surface area contributed by atoms with E-state index < -0.39 is 10.0 Å². The van der Waals surface area contributed by atoms with E-state index in [9.17, 15) is 8.42 Å². The van der Waals surface area contributed by atoms with Gasteiger partial charge >= 0.3 is 0 Å². The van der Waals surface area contributed by atoms with Crippen LogP contribution in [0, 0.1) is 0 Å². The van der Waals surface area contributed by atoms with E-state index in [0.29, 0.717) is 17.6 Å². The standard InChI is InChI=1S/C27H27ClN8O2S/c1-2-17-12-18(13-19-14-32-27(34-24(17)19)33-20-6-5-9-29-15-20)22-16-31-26-25(30-10-11-36(22)26)35-39(37,38)23-8-4-3-7-21(23)28/h3-4,7-8,10-14,16,20,29H,2,5-6,9,15H2,1H3,(H,30,35)(H,32,33,34). The van der Waals surface area contributed by atoms with Gasteiger partial charge in [0.1, 0.15) is 4.90 Å². The van der Waals surface area contributed by atoms with Gasteiger partial charge in [0.15, 0.2) is 11.5 Å². The molecule has 1 unspecified atom stereocenters. The van der Waals surface area contributed by atoms with Gasteiger partial charge in [0.05, 0.1) is 22.4 Å². The number of aryl methyl sites for hydroxylation is 1. The molecule has 5 aromatic rings. The number of hydrogen-bond acceptors (Lipinski definition) is 8. The zero-order valence-corrected chi connectivity index (χ0v) is 22.8. The van der Waals surface area contributed by atoms with Crippen LogP contribution in [0.4, 0.5) is 11.8 Å². The first kappa shape index (κ1) is 25.5. The Labute approximate surface area is 230 Å². The summed E-state index contributed by atoms with van der Waals surface area (Å²) in [5, 5.41) is 7.91. The quantitative estimate of drug-likeness (QED) is 0.264. The van der Waals surface area contributed by atoms with Crippen LogP contribution in [0.3, 0.4) is 0 Å². The molecule has 0 spiro atoms. The van der Waals surface area contributed by atoms with Gasteiger partial charge in [-0.05, 0) is 55.6 Å². The topological polar surface area (TPSA) is 126 Å². The molecule has 1 fully saturated rings. The fourth-order valence-corrected chi connectivity index (χ4v) is 6.44. The number of hydrogen-bond donors (Lipinski definition) is 3. The van der Waals surface area contributed by atoms with Crippen LogP contribution in [-0.4, -0.2) is 51.9 Å². The molecule has 1 aliphatic heterocycles. The first-order chi connectivity index (χ1) is 18.9. The summed E-state index contributed by atoms with van der Waals surface area (Å²) in [6.45, 7) is 4.05. The molecule has 6 rings (SSSR count). The molecular weight excluding hydrogens is 536 g/mol. The van der Waals surface area contributed by atoms with Crippen molar-refractivity contribution >= 4 is 49.9 Å². The lowest BCUT2D eigenvalue weighted by atomic mass is 10.0. The minimum atomic E-state index is -3.97. The molecule has 3 aromatic heterocycles. The van der Waals surface area contributed by atoms with Gasteiger partial charge in [0.25, 0.3) is 10.0 Å². The predicted octanol–water partition coefficient (Wildman–Crippen LogP) is 4.52. The van der Waals surface area contributed by atoms with E-state index in [-0.39, 0.29) is 15.7 Å². The SMILES string of the molecule is CCc1cc(-c2cnc3c(NS(=O)(=O)c4ccccc4Cl)nccn23)cc2cnc(NC3CCCNC3)nc12. The van der Waals surface area contributed by atoms with Gasteiger partial charge in [0.2, 0.25) is 5.95 Å². The fraction of sp³-hybridized carbons (Fsp3) is 0.259. The Morgan fingerprint density at radius 2 is 2.03 bits per heavy atom. The third kappa shape index (κ3) is 5.00. The molecule has 3 N–H and O–H groups in total. The third-order valence-corrected chi connectivity index (χ3v) is 8.69. The molecule has 12 heteroatoms. The van der Waals surface area contributed by atoms with Crippen LogP contribution < -0.4 is 15.4 Å². The molecular formula is C27H27ClN8O2S. The van der Waals surface area contributed by atoms with Crippen molar-refractivity contribution in [2.24, 2.45) is 0 Å². The average Bonchev–Trinajstić information content (AvgIpc) is 3.38. The minimum absolute atomic E-state index is 0.0297. The normalized spacial score (nSPS) is 16.0. The zero-order valence-electron chi connectivity index (χ0n) is 21.2. The summed E-state index contributed by atoms with van der Waals surface area (Å²) in [5.41, 5.74) is 4.07. The highest BCUT2D eigenvalue weighted by molar-refractivity contribution is 7.92. The Hall–Kier alpha value is -3.80. The van der Waals surface area contributed by atoms with E-state index in [1.165, 1.54) is 18.3 Å². The van der Waals surface area contributed by atoms with Crippen molar-refractivity contribution in [3.8, 4) is 11.3 Å². The van der Waals surface area contributed by atoms with E-state index in [4.69, 9.17) is 16.6 Å². The maximum absolute atomic E-state index is 13.0. The smallest absolute Gasteiger partial charge is 0.264 e. The lowest BCUT2D eigenvalue weighted by Crippen LogP contribution is -2.38. The van der Waals surface area contributed by atoms with Gasteiger partial charge in [-0.15, -0.1) is 0 Å². The summed E-state index contributed by atoms with van der Waals surface area (Å²) in [7, 11) is -3.97. The Morgan fingerprint density at radius 3 is 2.82 bits per heavy atom. The van der Waals surface area contributed by atoms with Crippen molar-refractivity contribution in [1.82, 2.24) is 29.7 Å². The average molecular weight is 563 g/mol. The predicted molar refractivity (Wildman–Crippen MR) is 153 cm³/mol. The number of nitrogens with one attached hydrogen (secondary N) is 3. The third-order valence-electron chi connectivity index (χ3n) is 6.85. The number of fused-ring (bicyclic) bond motifs is 2. The summed E-state index contributed by atoms with van der Waals surface area (Å²) < 4.78 is 30.4. The van der Waals surface area contributed by atoms with Crippen LogP contribution in [0.25, 0.3) is 27.8 Å². The van der Waals surface area contributed by atoms with Crippen LogP contribution in [0.5, 0.6) is 0 Å². The molecule has 1 atom stereocenters. The lowest BCUT2D eigenvalue weighted by molar-refractivity contribution is 0.478. The lowest BCUT2D eigenvalue weighted by Gasteiger charge is -2.23. The number of halogens is 1. The number of rotatable bonds is 7. The van der Waals surface area contributed by atoms with Gasteiger partial charge in [-0.1, -0.05) is 30.7 Å². The summed E-state index contributed by atoms with van der Waals surface area (Å²) in [5.74, 6) is 0.742. The number of benzene rings is 2. The van der Waals surface area contributed by atoms with Crippen LogP contribution in [0.1, 0.15) is 25.3 Å². The van der Waals surface area contributed by atoms with Crippen molar-refractivity contribution < 1.29 is 8.42 Å². The van der Waals surface area contributed by atoms with Crippen LogP contribution in [0.2, 0.25) is 5.02 Å². The van der Waals surface area contributed by atoms with E-state index >= 15 is 0 Å². The second-order valence-corrected chi connectivity index (χ2v) is 11.5. The maximum atomic E-state index is 13.0. The van der Waals surface area contributed by atoms with Crippen LogP contribution in [0.15, 0.2) is 66.1 Å². The van der Waals surface area contributed by atoms with Gasteiger partial charge in [0, 0.05) is 42.1 Å². The highest BCUT2D eigenvalue weighted by Gasteiger charge is 2.21. The van der Waals surface area contributed by atoms with E-state index in [2.05, 4.69) is 43.3 Å². The highest BCUT2D eigenvalue weighted by atomic mass is 35.5. The summed E-state index contributed by atoms with van der Waals surface area (Å²) in [6, 6.07) is 10.7. The molecule has 0 radical (unpaired) electrons. The number of piperidine rings is 1. The molecule has 39 heavy (non-hydrogen) atoms. The maximum Gasteiger partial charge on any atom is 0.264 e. The second kappa shape index (κ2) is 10.4. The van der Waals surface area contributed by atoms with Gasteiger partial charge < -0.3 is 10.6 Å². The molecule has 4 heterocycles. The van der Waals surface area contributed by atoms with Gasteiger partial charge in [-0.3, -0.25) is 9.12 Å². The van der Waals surface area contributed by atoms with Crippen molar-refractivity contribution in [2.45, 2.75) is 37.1 Å². The molecule has 200 valence electrons. The number of aromatic nitrogens is 5. The van der Waals surface area contributed by atoms with E-state index in [0.717, 1.165) is 60.1 Å². The largest absolute Gasteiger partial charge is 0.350 e. The summed E-state index contributed by atoms with van der Waals surface area (Å²) in [4.78, 5) is 18.1. The highest BCUT2D eigenvalue weighted by Crippen LogP contribution is 2.30. The van der Waals surface area contributed by atoms with Crippen LogP contribution >= 0.6 is 11.6 Å². The Morgan fingerprint density at radius 1 is 1.15 bits per heavy atom. The summed E-state index contributed by atoms with van der Waals surface area (Å²) in [6.07, 6.45) is 9.84. The van der Waals surface area contributed by atoms with Crippen molar-refractivity contribution in [3.63, 3.8) is 0 Å². The number of nitrogens with zero attached hydrogens (tertiary/aromatic N) is 5. The van der Waals surface area contributed by atoms with Gasteiger partial charge in [-0.25, -0.2) is 28.4 Å². The fourth-order valence-electron chi connectivity index (χ4n) is 4.91. The molecule has 1 saturated heterocycles.